The maximum absolute atomic E-state index is 13.4. The molecule has 0 aromatic heterocycles. The van der Waals surface area contributed by atoms with E-state index in [0.717, 1.165) is 41.5 Å². The lowest BCUT2D eigenvalue weighted by Crippen LogP contribution is -2.72. The van der Waals surface area contributed by atoms with Crippen molar-refractivity contribution < 1.29 is 246 Å². The minimum atomic E-state index is -2.71. The van der Waals surface area contributed by atoms with Crippen LogP contribution < -0.4 is 31.9 Å². The standard InChI is InChI=1S/C72H120N6O50/c1-17-39(93)50(104)52(106)69(111-17)125-59-38(78-23(7)92)63(109)112-31(15-86)58(59)124-67-36(76-21(5)90)49(103)56(29(13-84)117-67)123-70-54(108)60(44(98)32(120-70)16-110-71-61(51(105)43(97)27(11-82)116-71)127-66-35(75-20(4)89)47(101)42(96)26(10-81)115-66)126-72-62(53(107)57(30(14-85)119-72)122-65-34(74-19(3)88)46(100)41(95)25(9-80)114-65)128-68-37(77-22(6)91)48(102)55(28(12-83)118-68)121-64-33(73-18(2)87)45(99)40(94)24(8-79)113-64/h17,24-72,79-86,93-109H,8-16H2,1-7H3,(H,73,87)(H,74,88)(H,75,89)(H,76,90)(H,77,91)(H,78,92)/t17-,24+,25+,26+,27+,28+,29+,30+,31+,32+,33+,34+,35+,36+,37+,38+,39+,40-,41+,42+,43+,44+,45+,46+,47+,48+,49+,50+,51-,52-,53-,54-,55+,56+,57+,58+,59+,60-,61-,62-,63+,64-,65-,66-,67-,68-,69-,70-,71-,72+/m0/s1. The smallest absolute Gasteiger partial charge is 0.217 e. The van der Waals surface area contributed by atoms with Gasteiger partial charge in [0.05, 0.1) is 65.6 Å². The molecular weight excluding hydrogens is 1750 g/mol. The van der Waals surface area contributed by atoms with E-state index in [1.807, 2.05) is 0 Å². The Bertz CT molecular complexity index is 3550. The van der Waals surface area contributed by atoms with Crippen LogP contribution in [0.3, 0.4) is 0 Å². The highest BCUT2D eigenvalue weighted by atomic mass is 16.8. The molecule has 0 spiro atoms. The third-order valence-electron chi connectivity index (χ3n) is 23.2. The van der Waals surface area contributed by atoms with E-state index in [1.54, 1.807) is 0 Å². The van der Waals surface area contributed by atoms with Gasteiger partial charge < -0.3 is 250 Å². The minimum absolute atomic E-state index is 0.851. The fraction of sp³-hybridized carbons (Fsp3) is 0.917. The molecular formula is C72H120N6O50. The van der Waals surface area contributed by atoms with Crippen LogP contribution in [0.5, 0.6) is 0 Å². The Balaban J connectivity index is 1.06. The van der Waals surface area contributed by atoms with Gasteiger partial charge in [-0.3, -0.25) is 28.8 Å². The number of nitrogens with one attached hydrogen (secondary N) is 6. The third kappa shape index (κ3) is 23.6. The summed E-state index contributed by atoms with van der Waals surface area (Å²) in [5, 5.41) is 298. The summed E-state index contributed by atoms with van der Waals surface area (Å²) < 4.78 is 116. The van der Waals surface area contributed by atoms with Crippen molar-refractivity contribution in [3.05, 3.63) is 0 Å². The molecule has 0 bridgehead atoms. The number of rotatable bonds is 33. The monoisotopic (exact) mass is 1870 g/mol. The first-order valence-electron chi connectivity index (χ1n) is 41.0. The van der Waals surface area contributed by atoms with Crippen LogP contribution in [0, 0.1) is 0 Å². The summed E-state index contributed by atoms with van der Waals surface area (Å²) in [7, 11) is 0. The van der Waals surface area contributed by atoms with Crippen LogP contribution in [0.1, 0.15) is 48.5 Å². The first-order chi connectivity index (χ1) is 60.5. The topological polar surface area (TPSA) is 856 Å². The molecule has 10 fully saturated rings. The van der Waals surface area contributed by atoms with Gasteiger partial charge in [-0.05, 0) is 6.92 Å². The first-order valence-corrected chi connectivity index (χ1v) is 41.0. The van der Waals surface area contributed by atoms with Crippen LogP contribution in [0.4, 0.5) is 0 Å². The molecule has 31 N–H and O–H groups in total. The molecule has 0 saturated carbocycles. The third-order valence-corrected chi connectivity index (χ3v) is 23.2. The average molecular weight is 1870 g/mol. The van der Waals surface area contributed by atoms with E-state index in [1.165, 1.54) is 6.92 Å². The molecule has 0 aliphatic carbocycles. The minimum Gasteiger partial charge on any atom is -0.394 e. The second kappa shape index (κ2) is 46.1. The van der Waals surface area contributed by atoms with Crippen LogP contribution in [-0.2, 0) is 119 Å². The molecule has 738 valence electrons. The lowest BCUT2D eigenvalue weighted by molar-refractivity contribution is -0.405. The fourth-order valence-electron chi connectivity index (χ4n) is 16.7. The van der Waals surface area contributed by atoms with Gasteiger partial charge in [-0.15, -0.1) is 0 Å². The van der Waals surface area contributed by atoms with Crippen molar-refractivity contribution in [1.29, 1.82) is 0 Å². The van der Waals surface area contributed by atoms with E-state index in [-0.39, 0.29) is 0 Å². The van der Waals surface area contributed by atoms with Gasteiger partial charge in [-0.25, -0.2) is 0 Å². The Morgan fingerprint density at radius 1 is 0.219 bits per heavy atom. The Hall–Kier alpha value is -4.94. The quantitative estimate of drug-likeness (QED) is 0.0290. The zero-order valence-electron chi connectivity index (χ0n) is 69.6. The van der Waals surface area contributed by atoms with Gasteiger partial charge in [-0.2, -0.15) is 0 Å². The predicted octanol–water partition coefficient (Wildman–Crippen LogP) is -20.9. The molecule has 0 aromatic rings. The summed E-state index contributed by atoms with van der Waals surface area (Å²) >= 11 is 0. The summed E-state index contributed by atoms with van der Waals surface area (Å²) in [5.41, 5.74) is 0. The highest BCUT2D eigenvalue weighted by molar-refractivity contribution is 5.75. The van der Waals surface area contributed by atoms with Crippen LogP contribution in [0.25, 0.3) is 0 Å². The predicted molar refractivity (Wildman–Crippen MR) is 398 cm³/mol. The summed E-state index contributed by atoms with van der Waals surface area (Å²) in [5.74, 6) is -5.56. The van der Waals surface area contributed by atoms with E-state index < -0.39 is 402 Å². The summed E-state index contributed by atoms with van der Waals surface area (Å²) in [6.45, 7) is -3.48. The van der Waals surface area contributed by atoms with Gasteiger partial charge in [0.2, 0.25) is 35.4 Å². The molecule has 10 rings (SSSR count). The Labute approximate surface area is 726 Å². The molecule has 56 nitrogen and oxygen atoms in total. The van der Waals surface area contributed by atoms with Crippen molar-refractivity contribution in [3.63, 3.8) is 0 Å². The largest absolute Gasteiger partial charge is 0.394 e. The van der Waals surface area contributed by atoms with Crippen molar-refractivity contribution in [3.8, 4) is 0 Å². The van der Waals surface area contributed by atoms with Crippen LogP contribution in [0.15, 0.2) is 0 Å². The number of hydrogen-bond acceptors (Lipinski definition) is 50. The number of ether oxygens (including phenoxy) is 19. The molecule has 0 unspecified atom stereocenters. The van der Waals surface area contributed by atoms with E-state index in [0.29, 0.717) is 0 Å². The lowest BCUT2D eigenvalue weighted by Gasteiger charge is -2.52. The highest BCUT2D eigenvalue weighted by Gasteiger charge is 2.63. The van der Waals surface area contributed by atoms with Crippen molar-refractivity contribution in [2.75, 3.05) is 59.5 Å². The summed E-state index contributed by atoms with van der Waals surface area (Å²) in [4.78, 5) is 77.5. The lowest BCUT2D eigenvalue weighted by atomic mass is 9.93. The molecule has 0 radical (unpaired) electrons. The van der Waals surface area contributed by atoms with E-state index in [4.69, 9.17) is 90.0 Å². The normalized spacial score (nSPS) is 47.8. The second-order valence-electron chi connectivity index (χ2n) is 32.4. The van der Waals surface area contributed by atoms with Crippen molar-refractivity contribution in [1.82, 2.24) is 31.9 Å². The fourth-order valence-corrected chi connectivity index (χ4v) is 16.7. The number of carbonyl (C=O) groups is 6. The summed E-state index contributed by atoms with van der Waals surface area (Å²) in [6.07, 6.45) is -93.1. The molecule has 10 saturated heterocycles. The van der Waals surface area contributed by atoms with Crippen molar-refractivity contribution in [2.24, 2.45) is 0 Å². The summed E-state index contributed by atoms with van der Waals surface area (Å²) in [6, 6.07) is -11.3. The van der Waals surface area contributed by atoms with Crippen LogP contribution in [-0.4, -0.2) is 529 Å². The average Bonchev–Trinajstić information content (AvgIpc) is 0.759. The number of aliphatic hydroxyl groups excluding tert-OH is 25. The van der Waals surface area contributed by atoms with Crippen molar-refractivity contribution >= 4 is 35.4 Å². The molecule has 10 heterocycles. The van der Waals surface area contributed by atoms with Crippen LogP contribution >= 0.6 is 0 Å². The molecule has 0 aromatic carbocycles. The number of hydrogen-bond donors (Lipinski definition) is 31. The van der Waals surface area contributed by atoms with Gasteiger partial charge in [0.15, 0.2) is 62.9 Å². The van der Waals surface area contributed by atoms with Gasteiger partial charge in [0.25, 0.3) is 0 Å². The van der Waals surface area contributed by atoms with Gasteiger partial charge in [0.1, 0.15) is 238 Å². The number of aliphatic hydroxyl groups is 25. The van der Waals surface area contributed by atoms with E-state index in [2.05, 4.69) is 31.9 Å². The molecule has 10 aliphatic heterocycles. The second-order valence-corrected chi connectivity index (χ2v) is 32.4. The van der Waals surface area contributed by atoms with Gasteiger partial charge in [-0.1, -0.05) is 0 Å². The number of carbonyl (C=O) groups excluding carboxylic acids is 6. The highest BCUT2D eigenvalue weighted by Crippen LogP contribution is 2.42. The van der Waals surface area contributed by atoms with E-state index in [9.17, 15) is 156 Å². The Morgan fingerprint density at radius 2 is 0.492 bits per heavy atom. The zero-order chi connectivity index (χ0) is 94.4. The SMILES string of the molecule is CC(=O)N[C@@H]1[C@@H](O[C@@H]2O[C@@H](C)[C@@H](O)[C@@H](O)[C@@H]2O)[C@H](O[C@@H]2O[C@H](CO)[C@@H](O[C@@H]3O[C@H](CO[C@H]4O[C@H](CO)[C@@H](O)[C@H](O)[C@@H]4O[C@@H]4O[C@H](CO)[C@@H](O)[C@H](O)[C@H]4NC(C)=O)[C@@H](O)[C@H](O[C@H]4O[C@H](CO)[C@@H](O[C@@H]5O[C@H](CO)[C@@H](O)[C@H](O)[C@H]5NC(C)=O)[C@H](O)[C@@H]4O[C@@H]4O[C@H](CO)[C@@H](O[C@@H]5O[C@H](CO)[C@H](O)[C@H](O)[C@H]5NC(C)=O)[C@H](O)[C@H]4NC(C)=O)[C@@H]3O)[C@H](O)[C@H]2NC(C)=O)[C@@H](CO)O[C@H]1O. The van der Waals surface area contributed by atoms with Crippen LogP contribution in [0.2, 0.25) is 0 Å². The molecule has 56 heteroatoms. The Morgan fingerprint density at radius 3 is 0.875 bits per heavy atom. The zero-order valence-corrected chi connectivity index (χ0v) is 69.6. The number of amides is 6. The maximum Gasteiger partial charge on any atom is 0.217 e. The molecule has 10 aliphatic rings. The maximum atomic E-state index is 13.4. The molecule has 50 atom stereocenters. The van der Waals surface area contributed by atoms with E-state index >= 15 is 0 Å². The molecule has 128 heavy (non-hydrogen) atoms. The Kier molecular flexibility index (Phi) is 37.8. The molecule has 6 amide bonds. The van der Waals surface area contributed by atoms with Gasteiger partial charge in [0, 0.05) is 41.5 Å². The first kappa shape index (κ1) is 105. The van der Waals surface area contributed by atoms with Crippen molar-refractivity contribution in [2.45, 2.75) is 355 Å². The van der Waals surface area contributed by atoms with Gasteiger partial charge >= 0.3 is 0 Å².